The number of aromatic nitrogens is 2. The van der Waals surface area contributed by atoms with Crippen LogP contribution < -0.4 is 10.5 Å². The SMILES string of the molecule is CCCCCc1c(C(C)CC)nc2n(c1=O)N=C(C(C)CC)C2=Nc1ccc(N(CC)CC)cc1C. The van der Waals surface area contributed by atoms with Gasteiger partial charge >= 0.3 is 0 Å². The van der Waals surface area contributed by atoms with Crippen LogP contribution in [0.4, 0.5) is 11.4 Å². The van der Waals surface area contributed by atoms with E-state index in [0.717, 1.165) is 85.5 Å². The molecule has 0 radical (unpaired) electrons. The molecule has 1 aromatic heterocycles. The fourth-order valence-electron chi connectivity index (χ4n) is 4.77. The Morgan fingerprint density at radius 2 is 1.69 bits per heavy atom. The molecular formula is C30H45N5O. The van der Waals surface area contributed by atoms with Crippen molar-refractivity contribution in [1.29, 1.82) is 0 Å². The number of anilines is 1. The van der Waals surface area contributed by atoms with Gasteiger partial charge < -0.3 is 4.90 Å². The minimum absolute atomic E-state index is 0.0222. The number of nitrogens with zero attached hydrogens (tertiary/aromatic N) is 5. The van der Waals surface area contributed by atoms with Crippen LogP contribution >= 0.6 is 0 Å². The van der Waals surface area contributed by atoms with Crippen LogP contribution in [0, 0.1) is 12.8 Å². The third-order valence-electron chi connectivity index (χ3n) is 7.58. The zero-order valence-electron chi connectivity index (χ0n) is 23.7. The zero-order valence-corrected chi connectivity index (χ0v) is 23.7. The number of aliphatic imine (C=N–C) groups is 1. The number of hydrogen-bond acceptors (Lipinski definition) is 5. The van der Waals surface area contributed by atoms with Crippen molar-refractivity contribution in [3.05, 3.63) is 51.2 Å². The number of rotatable bonds is 12. The van der Waals surface area contributed by atoms with Crippen molar-refractivity contribution in [1.82, 2.24) is 9.66 Å². The van der Waals surface area contributed by atoms with Gasteiger partial charge in [0.25, 0.3) is 5.56 Å². The van der Waals surface area contributed by atoms with Crippen molar-refractivity contribution in [2.75, 3.05) is 18.0 Å². The third kappa shape index (κ3) is 5.63. The van der Waals surface area contributed by atoms with Crippen LogP contribution in [0.1, 0.15) is 109 Å². The molecule has 1 aliphatic heterocycles. The largest absolute Gasteiger partial charge is 0.372 e. The average molecular weight is 492 g/mol. The molecule has 2 aromatic rings. The van der Waals surface area contributed by atoms with Crippen molar-refractivity contribution < 1.29 is 0 Å². The monoisotopic (exact) mass is 491 g/mol. The van der Waals surface area contributed by atoms with E-state index in [2.05, 4.69) is 78.5 Å². The number of fused-ring (bicyclic) bond motifs is 1. The molecule has 2 unspecified atom stereocenters. The van der Waals surface area contributed by atoms with Crippen molar-refractivity contribution in [3.63, 3.8) is 0 Å². The van der Waals surface area contributed by atoms with Gasteiger partial charge in [0, 0.05) is 30.3 Å². The van der Waals surface area contributed by atoms with Gasteiger partial charge in [-0.05, 0) is 76.1 Å². The van der Waals surface area contributed by atoms with E-state index in [4.69, 9.17) is 15.1 Å². The van der Waals surface area contributed by atoms with Gasteiger partial charge in [-0.2, -0.15) is 9.78 Å². The van der Waals surface area contributed by atoms with Crippen molar-refractivity contribution >= 4 is 22.8 Å². The van der Waals surface area contributed by atoms with E-state index in [-0.39, 0.29) is 17.4 Å². The Kier molecular flexibility index (Phi) is 9.63. The number of benzene rings is 1. The normalized spacial score (nSPS) is 15.7. The van der Waals surface area contributed by atoms with E-state index in [1.807, 2.05) is 0 Å². The number of unbranched alkanes of at least 4 members (excludes halogenated alkanes) is 2. The van der Waals surface area contributed by atoms with E-state index in [1.165, 1.54) is 10.4 Å². The molecule has 196 valence electrons. The van der Waals surface area contributed by atoms with Crippen molar-refractivity contribution in [2.45, 2.75) is 99.8 Å². The van der Waals surface area contributed by atoms with Gasteiger partial charge in [0.05, 0.1) is 17.1 Å². The Hall–Kier alpha value is -2.76. The average Bonchev–Trinajstić information content (AvgIpc) is 3.25. The lowest BCUT2D eigenvalue weighted by molar-refractivity contribution is 0.638. The summed E-state index contributed by atoms with van der Waals surface area (Å²) in [6.45, 7) is 19.2. The highest BCUT2D eigenvalue weighted by Crippen LogP contribution is 2.29. The van der Waals surface area contributed by atoms with Crippen LogP contribution in [0.2, 0.25) is 0 Å². The fraction of sp³-hybridized carbons (Fsp3) is 0.600. The highest BCUT2D eigenvalue weighted by Gasteiger charge is 2.32. The van der Waals surface area contributed by atoms with Gasteiger partial charge in [-0.3, -0.25) is 4.79 Å². The van der Waals surface area contributed by atoms with Crippen LogP contribution in [0.3, 0.4) is 0 Å². The first-order chi connectivity index (χ1) is 17.3. The van der Waals surface area contributed by atoms with Crippen molar-refractivity contribution in [3.8, 4) is 0 Å². The molecule has 1 aliphatic rings. The topological polar surface area (TPSA) is 62.9 Å². The van der Waals surface area contributed by atoms with E-state index < -0.39 is 0 Å². The smallest absolute Gasteiger partial charge is 0.277 e. The van der Waals surface area contributed by atoms with Gasteiger partial charge in [0.1, 0.15) is 5.71 Å². The fourth-order valence-corrected chi connectivity index (χ4v) is 4.77. The zero-order chi connectivity index (χ0) is 26.4. The highest BCUT2D eigenvalue weighted by atomic mass is 16.1. The molecule has 1 aromatic carbocycles. The van der Waals surface area contributed by atoms with Gasteiger partial charge in [-0.15, -0.1) is 0 Å². The van der Waals surface area contributed by atoms with Gasteiger partial charge in [0.15, 0.2) is 5.82 Å². The summed E-state index contributed by atoms with van der Waals surface area (Å²) in [6.07, 6.45) is 5.84. The summed E-state index contributed by atoms with van der Waals surface area (Å²) < 4.78 is 1.53. The summed E-state index contributed by atoms with van der Waals surface area (Å²) in [5.74, 6) is 0.983. The van der Waals surface area contributed by atoms with Crippen molar-refractivity contribution in [2.24, 2.45) is 16.0 Å². The van der Waals surface area contributed by atoms with Crippen LogP contribution in [0.5, 0.6) is 0 Å². The lowest BCUT2D eigenvalue weighted by Gasteiger charge is -2.21. The lowest BCUT2D eigenvalue weighted by Crippen LogP contribution is -2.28. The molecule has 3 rings (SSSR count). The Bertz CT molecular complexity index is 1170. The highest BCUT2D eigenvalue weighted by molar-refractivity contribution is 6.49. The maximum atomic E-state index is 13.8. The van der Waals surface area contributed by atoms with Crippen LogP contribution in [-0.2, 0) is 6.42 Å². The molecule has 2 atom stereocenters. The Morgan fingerprint density at radius 1 is 1.00 bits per heavy atom. The molecule has 36 heavy (non-hydrogen) atoms. The van der Waals surface area contributed by atoms with E-state index in [0.29, 0.717) is 5.82 Å². The Morgan fingerprint density at radius 3 is 2.28 bits per heavy atom. The van der Waals surface area contributed by atoms with E-state index >= 15 is 0 Å². The first kappa shape index (κ1) is 27.8. The lowest BCUT2D eigenvalue weighted by atomic mass is 9.96. The number of hydrogen-bond donors (Lipinski definition) is 0. The summed E-state index contributed by atoms with van der Waals surface area (Å²) >= 11 is 0. The summed E-state index contributed by atoms with van der Waals surface area (Å²) in [7, 11) is 0. The first-order valence-electron chi connectivity index (χ1n) is 14.0. The molecule has 0 amide bonds. The second kappa shape index (κ2) is 12.5. The molecule has 6 heteroatoms. The number of aryl methyl sites for hydroxylation is 1. The minimum Gasteiger partial charge on any atom is -0.372 e. The Labute approximate surface area is 217 Å². The molecule has 0 saturated heterocycles. The quantitative estimate of drug-likeness (QED) is 0.299. The molecule has 0 spiro atoms. The summed E-state index contributed by atoms with van der Waals surface area (Å²) in [4.78, 5) is 26.3. The molecule has 0 N–H and O–H groups in total. The molecule has 2 heterocycles. The standard InChI is InChI=1S/C30H45N5O/c1-9-14-15-16-24-26(20(6)10-2)32-29-28(27(21(7)11-3)33-35(29)30(24)36)31-25-18-17-23(19-22(25)8)34(12-4)13-5/h17-21H,9-16H2,1-8H3. The molecule has 0 fully saturated rings. The van der Waals surface area contributed by atoms with Gasteiger partial charge in [0.2, 0.25) is 0 Å². The third-order valence-corrected chi connectivity index (χ3v) is 7.58. The first-order valence-corrected chi connectivity index (χ1v) is 14.0. The predicted octanol–water partition coefficient (Wildman–Crippen LogP) is 7.03. The molecule has 0 saturated carbocycles. The van der Waals surface area contributed by atoms with Gasteiger partial charge in [-0.25, -0.2) is 9.98 Å². The summed E-state index contributed by atoms with van der Waals surface area (Å²) in [5.41, 5.74) is 6.54. The molecule has 0 bridgehead atoms. The molecule has 6 nitrogen and oxygen atoms in total. The van der Waals surface area contributed by atoms with Gasteiger partial charge in [-0.1, -0.05) is 47.5 Å². The maximum absolute atomic E-state index is 13.8. The van der Waals surface area contributed by atoms with E-state index in [1.54, 1.807) is 0 Å². The second-order valence-corrected chi connectivity index (χ2v) is 10.1. The second-order valence-electron chi connectivity index (χ2n) is 10.1. The Balaban J connectivity index is 2.19. The molecular weight excluding hydrogens is 446 g/mol. The summed E-state index contributed by atoms with van der Waals surface area (Å²) in [6, 6.07) is 6.42. The van der Waals surface area contributed by atoms with Crippen LogP contribution in [-0.4, -0.2) is 34.2 Å². The van der Waals surface area contributed by atoms with E-state index in [9.17, 15) is 4.79 Å². The van der Waals surface area contributed by atoms with Crippen LogP contribution in [0.15, 0.2) is 33.1 Å². The predicted molar refractivity (Wildman–Crippen MR) is 154 cm³/mol. The molecule has 0 aliphatic carbocycles. The minimum atomic E-state index is -0.0222. The van der Waals surface area contributed by atoms with Crippen LogP contribution in [0.25, 0.3) is 0 Å². The summed E-state index contributed by atoms with van der Waals surface area (Å²) in [5, 5.41) is 4.84. The maximum Gasteiger partial charge on any atom is 0.277 e.